The predicted octanol–water partition coefficient (Wildman–Crippen LogP) is 6.61. The van der Waals surface area contributed by atoms with Crippen LogP contribution in [0.4, 0.5) is 4.39 Å². The van der Waals surface area contributed by atoms with Crippen LogP contribution in [0.2, 0.25) is 5.02 Å². The number of aliphatic hydroxyl groups is 1. The van der Waals surface area contributed by atoms with Gasteiger partial charge in [-0.2, -0.15) is 0 Å². The molecule has 1 aromatic carbocycles. The Morgan fingerprint density at radius 1 is 1.10 bits per heavy atom. The smallest absolute Gasteiger partial charge is 0.166 e. The number of hydrogen-bond acceptors (Lipinski definition) is 6. The summed E-state index contributed by atoms with van der Waals surface area (Å²) in [5, 5.41) is 19.5. The Bertz CT molecular complexity index is 1460. The van der Waals surface area contributed by atoms with Gasteiger partial charge in [0, 0.05) is 25.2 Å². The minimum Gasteiger partial charge on any atom is -0.393 e. The Labute approximate surface area is 245 Å². The molecule has 7 nitrogen and oxygen atoms in total. The first-order chi connectivity index (χ1) is 19.7. The summed E-state index contributed by atoms with van der Waals surface area (Å²) in [6, 6.07) is 3.54. The molecule has 0 spiro atoms. The van der Waals surface area contributed by atoms with Crippen molar-refractivity contribution in [1.82, 2.24) is 25.0 Å². The van der Waals surface area contributed by atoms with Crippen LogP contribution < -0.4 is 0 Å². The number of hydrogen-bond donors (Lipinski definition) is 1. The molecule has 6 rings (SSSR count). The molecule has 0 amide bonds. The van der Waals surface area contributed by atoms with Crippen LogP contribution in [-0.4, -0.2) is 42.0 Å². The van der Waals surface area contributed by atoms with Crippen LogP contribution >= 0.6 is 11.6 Å². The summed E-state index contributed by atoms with van der Waals surface area (Å²) in [5.41, 5.74) is 4.90. The first kappa shape index (κ1) is 28.2. The van der Waals surface area contributed by atoms with Gasteiger partial charge in [0.1, 0.15) is 17.3 Å². The van der Waals surface area contributed by atoms with E-state index in [-0.39, 0.29) is 35.7 Å². The number of fused-ring (bicyclic) bond motifs is 1. The summed E-state index contributed by atoms with van der Waals surface area (Å²) in [6.45, 7) is 4.11. The van der Waals surface area contributed by atoms with Gasteiger partial charge in [-0.3, -0.25) is 4.79 Å². The van der Waals surface area contributed by atoms with E-state index < -0.39 is 5.82 Å². The lowest BCUT2D eigenvalue weighted by molar-refractivity contribution is 0.0953. The van der Waals surface area contributed by atoms with Gasteiger partial charge in [-0.25, -0.2) is 19.0 Å². The van der Waals surface area contributed by atoms with Gasteiger partial charge in [0.15, 0.2) is 5.78 Å². The Balaban J connectivity index is 1.15. The fourth-order valence-electron chi connectivity index (χ4n) is 7.07. The third kappa shape index (κ3) is 6.00. The maximum atomic E-state index is 15.3. The molecule has 3 atom stereocenters. The number of Topliss-reactive ketones (excluding diaryl/α,β-unsaturated/α-hetero) is 1. The molecule has 0 aliphatic heterocycles. The second-order valence-electron chi connectivity index (χ2n) is 12.4. The quantitative estimate of drug-likeness (QED) is 0.318. The first-order valence-electron chi connectivity index (χ1n) is 14.9. The molecule has 3 aliphatic rings. The van der Waals surface area contributed by atoms with Crippen LogP contribution in [0, 0.1) is 30.5 Å². The number of ketones is 1. The van der Waals surface area contributed by atoms with E-state index in [0.29, 0.717) is 23.4 Å². The van der Waals surface area contributed by atoms with Gasteiger partial charge in [-0.1, -0.05) is 23.7 Å². The van der Waals surface area contributed by atoms with Crippen LogP contribution in [0.5, 0.6) is 0 Å². The van der Waals surface area contributed by atoms with Crippen molar-refractivity contribution >= 4 is 29.0 Å². The second kappa shape index (κ2) is 11.7. The van der Waals surface area contributed by atoms with E-state index in [0.717, 1.165) is 85.3 Å². The van der Waals surface area contributed by atoms with Crippen molar-refractivity contribution in [2.45, 2.75) is 90.2 Å². The summed E-state index contributed by atoms with van der Waals surface area (Å²) in [4.78, 5) is 21.6. The van der Waals surface area contributed by atoms with E-state index in [1.807, 2.05) is 6.92 Å². The van der Waals surface area contributed by atoms with Crippen molar-refractivity contribution in [3.8, 4) is 0 Å². The summed E-state index contributed by atoms with van der Waals surface area (Å²) in [6.07, 6.45) is 13.4. The molecular formula is C32H37ClFN5O2. The van der Waals surface area contributed by atoms with E-state index in [1.165, 1.54) is 6.07 Å². The van der Waals surface area contributed by atoms with E-state index in [9.17, 15) is 9.90 Å². The fraction of sp³-hybridized carbons (Fsp3) is 0.531. The number of aliphatic hydroxyl groups excluding tert-OH is 1. The Morgan fingerprint density at radius 2 is 1.83 bits per heavy atom. The van der Waals surface area contributed by atoms with Crippen molar-refractivity contribution in [3.63, 3.8) is 0 Å². The normalized spacial score (nSPS) is 26.1. The summed E-state index contributed by atoms with van der Waals surface area (Å²) in [5.74, 6) is 1.04. The molecule has 3 aromatic rings. The molecule has 0 radical (unpaired) electrons. The number of carbonyl (C=O) groups excluding carboxylic acids is 1. The van der Waals surface area contributed by atoms with Crippen molar-refractivity contribution in [3.05, 3.63) is 69.3 Å². The zero-order chi connectivity index (χ0) is 28.7. The zero-order valence-corrected chi connectivity index (χ0v) is 24.4. The fourth-order valence-corrected chi connectivity index (χ4v) is 7.17. The van der Waals surface area contributed by atoms with Gasteiger partial charge in [-0.15, -0.1) is 5.10 Å². The summed E-state index contributed by atoms with van der Waals surface area (Å²) in [7, 11) is 0. The van der Waals surface area contributed by atoms with Crippen LogP contribution in [0.15, 0.2) is 24.5 Å². The molecule has 216 valence electrons. The monoisotopic (exact) mass is 577 g/mol. The Morgan fingerprint density at radius 3 is 2.54 bits per heavy atom. The number of halogens is 2. The highest BCUT2D eigenvalue weighted by molar-refractivity contribution is 6.30. The standard InChI is InChI=1S/C32H37ClFN5O2/c1-18-9-27(31(41)12-21-5-8-24(40)11-21)28(34)14-25(18)26-15-29-30(10-19(26)2)39(38-37-29)23-6-3-20(4-7-23)13-32-35-16-22(33)17-36-32/h9,14-17,19-21,23-24,40H,3-8,10-13H2,1-2H3/t19?,20?,21?,23?,24-/m1/s1. The number of benzene rings is 1. The molecule has 0 saturated heterocycles. The molecule has 3 aliphatic carbocycles. The minimum absolute atomic E-state index is 0.131. The van der Waals surface area contributed by atoms with Gasteiger partial charge < -0.3 is 5.11 Å². The van der Waals surface area contributed by atoms with Gasteiger partial charge in [0.2, 0.25) is 0 Å². The molecule has 2 unspecified atom stereocenters. The topological polar surface area (TPSA) is 93.8 Å². The second-order valence-corrected chi connectivity index (χ2v) is 12.8. The van der Waals surface area contributed by atoms with E-state index >= 15 is 4.39 Å². The maximum Gasteiger partial charge on any atom is 0.166 e. The minimum atomic E-state index is -0.475. The van der Waals surface area contributed by atoms with E-state index in [1.54, 1.807) is 18.5 Å². The molecule has 2 heterocycles. The van der Waals surface area contributed by atoms with Crippen molar-refractivity contribution in [1.29, 1.82) is 0 Å². The van der Waals surface area contributed by atoms with Crippen molar-refractivity contribution in [2.75, 3.05) is 0 Å². The molecular weight excluding hydrogens is 541 g/mol. The number of allylic oxidation sites excluding steroid dienone is 1. The van der Waals surface area contributed by atoms with E-state index in [4.69, 9.17) is 11.6 Å². The van der Waals surface area contributed by atoms with Crippen LogP contribution in [0.25, 0.3) is 11.6 Å². The largest absolute Gasteiger partial charge is 0.393 e. The molecule has 41 heavy (non-hydrogen) atoms. The third-order valence-electron chi connectivity index (χ3n) is 9.36. The van der Waals surface area contributed by atoms with Crippen LogP contribution in [0.1, 0.15) is 103 Å². The maximum absolute atomic E-state index is 15.3. The zero-order valence-electron chi connectivity index (χ0n) is 23.7. The number of carbonyl (C=O) groups is 1. The molecule has 2 fully saturated rings. The van der Waals surface area contributed by atoms with Crippen molar-refractivity contribution < 1.29 is 14.3 Å². The number of rotatable bonds is 7. The third-order valence-corrected chi connectivity index (χ3v) is 9.56. The van der Waals surface area contributed by atoms with Crippen molar-refractivity contribution in [2.24, 2.45) is 17.8 Å². The number of aromatic nitrogens is 5. The van der Waals surface area contributed by atoms with Gasteiger partial charge in [0.05, 0.1) is 28.4 Å². The predicted molar refractivity (Wildman–Crippen MR) is 156 cm³/mol. The molecule has 2 aromatic heterocycles. The summed E-state index contributed by atoms with van der Waals surface area (Å²) < 4.78 is 17.4. The average Bonchev–Trinajstić information content (AvgIpc) is 3.56. The van der Waals surface area contributed by atoms with Crippen LogP contribution in [-0.2, 0) is 12.8 Å². The molecule has 9 heteroatoms. The molecule has 0 bridgehead atoms. The highest BCUT2D eigenvalue weighted by Gasteiger charge is 2.31. The lowest BCUT2D eigenvalue weighted by Gasteiger charge is -2.30. The van der Waals surface area contributed by atoms with E-state index in [2.05, 4.69) is 38.0 Å². The average molecular weight is 578 g/mol. The SMILES string of the molecule is Cc1cc(C(=O)CC2CC[C@@H](O)C2)c(F)cc1C1=Cc2nnn(C3CCC(Cc4ncc(Cl)cn4)CC3)c2CC1C. The lowest BCUT2D eigenvalue weighted by atomic mass is 9.81. The number of nitrogens with zero attached hydrogens (tertiary/aromatic N) is 5. The molecule has 1 N–H and O–H groups in total. The van der Waals surface area contributed by atoms with Gasteiger partial charge in [-0.05, 0) is 111 Å². The van der Waals surface area contributed by atoms with Gasteiger partial charge >= 0.3 is 0 Å². The molecule has 2 saturated carbocycles. The highest BCUT2D eigenvalue weighted by atomic mass is 35.5. The van der Waals surface area contributed by atoms with Crippen LogP contribution in [0.3, 0.4) is 0 Å². The Hall–Kier alpha value is -2.97. The highest BCUT2D eigenvalue weighted by Crippen LogP contribution is 2.40. The Kier molecular flexibility index (Phi) is 8.05. The lowest BCUT2D eigenvalue weighted by Crippen LogP contribution is -2.23. The first-order valence-corrected chi connectivity index (χ1v) is 15.3. The van der Waals surface area contributed by atoms with Gasteiger partial charge in [0.25, 0.3) is 0 Å². The summed E-state index contributed by atoms with van der Waals surface area (Å²) >= 11 is 5.92. The number of aryl methyl sites for hydroxylation is 1.